The molecule has 5 heteroatoms. The van der Waals surface area contributed by atoms with Crippen LogP contribution in [0.2, 0.25) is 0 Å². The molecule has 2 aromatic rings. The molecule has 2 aromatic carbocycles. The molecule has 0 aromatic heterocycles. The number of benzene rings is 2. The molecule has 142 valence electrons. The summed E-state index contributed by atoms with van der Waals surface area (Å²) in [6.07, 6.45) is 3.61. The molecule has 2 atom stereocenters. The molecule has 1 fully saturated rings. The highest BCUT2D eigenvalue weighted by atomic mass is 16.5. The summed E-state index contributed by atoms with van der Waals surface area (Å²) in [5.74, 6) is 1.33. The van der Waals surface area contributed by atoms with E-state index >= 15 is 0 Å². The molecule has 5 nitrogen and oxygen atoms in total. The van der Waals surface area contributed by atoms with Crippen LogP contribution in [0.1, 0.15) is 17.2 Å². The Morgan fingerprint density at radius 1 is 0.926 bits per heavy atom. The Kier molecular flexibility index (Phi) is 5.05. The van der Waals surface area contributed by atoms with Gasteiger partial charge in [0.2, 0.25) is 0 Å². The molecule has 0 saturated carbocycles. The zero-order chi connectivity index (χ0) is 18.8. The highest BCUT2D eigenvalue weighted by Crippen LogP contribution is 2.38. The standard InChI is InChI=1S/C22H26N2O3/c1-26-20-14-16-8-9-19(22(25)18(16)15-21(20)27-2)24-12-10-23(11-13-24)17-6-4-3-5-7-17/h3-9,14-15,19,22,25H,10-13H2,1-2H3/t19-,22-/m1/s1. The van der Waals surface area contributed by atoms with E-state index in [9.17, 15) is 5.11 Å². The molecule has 0 amide bonds. The molecule has 0 unspecified atom stereocenters. The number of anilines is 1. The number of hydrogen-bond acceptors (Lipinski definition) is 5. The molecule has 1 N–H and O–H groups in total. The zero-order valence-electron chi connectivity index (χ0n) is 15.8. The van der Waals surface area contributed by atoms with Crippen molar-refractivity contribution in [1.82, 2.24) is 4.90 Å². The Morgan fingerprint density at radius 3 is 2.26 bits per heavy atom. The summed E-state index contributed by atoms with van der Waals surface area (Å²) >= 11 is 0. The van der Waals surface area contributed by atoms with Crippen LogP contribution in [0.5, 0.6) is 11.5 Å². The normalized spacial score (nSPS) is 22.4. The lowest BCUT2D eigenvalue weighted by atomic mass is 9.89. The van der Waals surface area contributed by atoms with Crippen molar-refractivity contribution in [2.75, 3.05) is 45.3 Å². The van der Waals surface area contributed by atoms with Gasteiger partial charge in [-0.05, 0) is 35.4 Å². The molecule has 0 spiro atoms. The van der Waals surface area contributed by atoms with Crippen molar-refractivity contribution in [3.63, 3.8) is 0 Å². The molecule has 1 aliphatic carbocycles. The topological polar surface area (TPSA) is 45.2 Å². The third-order valence-corrected chi connectivity index (χ3v) is 5.56. The molecule has 2 aliphatic rings. The fourth-order valence-corrected chi connectivity index (χ4v) is 4.04. The lowest BCUT2D eigenvalue weighted by molar-refractivity contribution is 0.0682. The number of ether oxygens (including phenoxy) is 2. The van der Waals surface area contributed by atoms with Crippen molar-refractivity contribution in [1.29, 1.82) is 0 Å². The highest BCUT2D eigenvalue weighted by Gasteiger charge is 2.32. The first-order valence-electron chi connectivity index (χ1n) is 9.37. The monoisotopic (exact) mass is 366 g/mol. The summed E-state index contributed by atoms with van der Waals surface area (Å²) < 4.78 is 10.8. The second-order valence-corrected chi connectivity index (χ2v) is 6.99. The molecule has 4 rings (SSSR count). The van der Waals surface area contributed by atoms with Gasteiger partial charge < -0.3 is 19.5 Å². The maximum absolute atomic E-state index is 11.0. The van der Waals surface area contributed by atoms with Gasteiger partial charge in [-0.25, -0.2) is 0 Å². The van der Waals surface area contributed by atoms with Gasteiger partial charge in [0, 0.05) is 31.9 Å². The third kappa shape index (κ3) is 3.40. The van der Waals surface area contributed by atoms with E-state index in [-0.39, 0.29) is 6.04 Å². The van der Waals surface area contributed by atoms with Crippen molar-refractivity contribution < 1.29 is 14.6 Å². The minimum absolute atomic E-state index is 0.0199. The van der Waals surface area contributed by atoms with Gasteiger partial charge in [0.05, 0.1) is 26.4 Å². The second kappa shape index (κ2) is 7.62. The fourth-order valence-electron chi connectivity index (χ4n) is 4.04. The summed E-state index contributed by atoms with van der Waals surface area (Å²) in [6.45, 7) is 3.76. The van der Waals surface area contributed by atoms with Crippen molar-refractivity contribution in [2.24, 2.45) is 0 Å². The number of aliphatic hydroxyl groups is 1. The summed E-state index contributed by atoms with van der Waals surface area (Å²) in [5.41, 5.74) is 3.14. The highest BCUT2D eigenvalue weighted by molar-refractivity contribution is 5.64. The summed E-state index contributed by atoms with van der Waals surface area (Å²) in [5, 5.41) is 11.0. The predicted octanol–water partition coefficient (Wildman–Crippen LogP) is 2.95. The molecule has 1 aliphatic heterocycles. The Balaban J connectivity index is 1.49. The number of para-hydroxylation sites is 1. The average molecular weight is 366 g/mol. The first-order valence-corrected chi connectivity index (χ1v) is 9.37. The van der Waals surface area contributed by atoms with E-state index in [0.29, 0.717) is 11.5 Å². The SMILES string of the molecule is COc1cc2c(cc1OC)[C@@H](O)[C@H](N1CCN(c3ccccc3)CC1)C=C2. The first kappa shape index (κ1) is 17.9. The van der Waals surface area contributed by atoms with Gasteiger partial charge in [-0.3, -0.25) is 4.90 Å². The quantitative estimate of drug-likeness (QED) is 0.901. The van der Waals surface area contributed by atoms with Crippen LogP contribution < -0.4 is 14.4 Å². The minimum atomic E-state index is -0.576. The molecule has 1 saturated heterocycles. The molecule has 0 bridgehead atoms. The van der Waals surface area contributed by atoms with Gasteiger partial charge in [0.25, 0.3) is 0 Å². The van der Waals surface area contributed by atoms with Crippen LogP contribution in [0.25, 0.3) is 6.08 Å². The van der Waals surface area contributed by atoms with Crippen LogP contribution in [-0.4, -0.2) is 56.4 Å². The number of piperazine rings is 1. The maximum Gasteiger partial charge on any atom is 0.161 e. The average Bonchev–Trinajstić information content (AvgIpc) is 2.74. The van der Waals surface area contributed by atoms with Crippen molar-refractivity contribution >= 4 is 11.8 Å². The smallest absolute Gasteiger partial charge is 0.161 e. The third-order valence-electron chi connectivity index (χ3n) is 5.56. The largest absolute Gasteiger partial charge is 0.493 e. The van der Waals surface area contributed by atoms with Crippen molar-refractivity contribution in [3.05, 3.63) is 59.7 Å². The van der Waals surface area contributed by atoms with E-state index in [1.54, 1.807) is 14.2 Å². The van der Waals surface area contributed by atoms with E-state index in [1.165, 1.54) is 5.69 Å². The molecular weight excluding hydrogens is 340 g/mol. The summed E-state index contributed by atoms with van der Waals surface area (Å²) in [6, 6.07) is 14.3. The van der Waals surface area contributed by atoms with Crippen molar-refractivity contribution in [2.45, 2.75) is 12.1 Å². The summed E-state index contributed by atoms with van der Waals surface area (Å²) in [7, 11) is 3.25. The fraction of sp³-hybridized carbons (Fsp3) is 0.364. The lowest BCUT2D eigenvalue weighted by Gasteiger charge is -2.42. The van der Waals surface area contributed by atoms with Gasteiger partial charge >= 0.3 is 0 Å². The molecular formula is C22H26N2O3. The number of rotatable bonds is 4. The van der Waals surface area contributed by atoms with Crippen LogP contribution in [-0.2, 0) is 0 Å². The number of fused-ring (bicyclic) bond motifs is 1. The first-order chi connectivity index (χ1) is 13.2. The number of nitrogens with zero attached hydrogens (tertiary/aromatic N) is 2. The Labute approximate surface area is 160 Å². The number of methoxy groups -OCH3 is 2. The van der Waals surface area contributed by atoms with E-state index in [1.807, 2.05) is 18.2 Å². The molecule has 1 heterocycles. The zero-order valence-corrected chi connectivity index (χ0v) is 15.8. The summed E-state index contributed by atoms with van der Waals surface area (Å²) in [4.78, 5) is 4.76. The van der Waals surface area contributed by atoms with Crippen molar-refractivity contribution in [3.8, 4) is 11.5 Å². The van der Waals surface area contributed by atoms with Gasteiger partial charge in [-0.2, -0.15) is 0 Å². The van der Waals surface area contributed by atoms with Crippen LogP contribution in [0.3, 0.4) is 0 Å². The maximum atomic E-state index is 11.0. The second-order valence-electron chi connectivity index (χ2n) is 6.99. The van der Waals surface area contributed by atoms with Gasteiger partial charge in [-0.1, -0.05) is 30.4 Å². The Morgan fingerprint density at radius 2 is 1.59 bits per heavy atom. The van der Waals surface area contributed by atoms with E-state index in [4.69, 9.17) is 9.47 Å². The number of hydrogen-bond donors (Lipinski definition) is 1. The number of aliphatic hydroxyl groups excluding tert-OH is 1. The van der Waals surface area contributed by atoms with Gasteiger partial charge in [0.1, 0.15) is 0 Å². The molecule has 27 heavy (non-hydrogen) atoms. The van der Waals surface area contributed by atoms with Crippen LogP contribution in [0, 0.1) is 0 Å². The lowest BCUT2D eigenvalue weighted by Crippen LogP contribution is -2.51. The predicted molar refractivity (Wildman–Crippen MR) is 108 cm³/mol. The van der Waals surface area contributed by atoms with E-state index in [0.717, 1.165) is 37.3 Å². The van der Waals surface area contributed by atoms with Gasteiger partial charge in [-0.15, -0.1) is 0 Å². The van der Waals surface area contributed by atoms with Crippen LogP contribution >= 0.6 is 0 Å². The Hall–Kier alpha value is -2.50. The van der Waals surface area contributed by atoms with Crippen LogP contribution in [0.4, 0.5) is 5.69 Å². The van der Waals surface area contributed by atoms with Crippen LogP contribution in [0.15, 0.2) is 48.5 Å². The Bertz CT molecular complexity index is 814. The van der Waals surface area contributed by atoms with Gasteiger partial charge in [0.15, 0.2) is 11.5 Å². The molecule has 0 radical (unpaired) electrons. The van der Waals surface area contributed by atoms with E-state index < -0.39 is 6.10 Å². The minimum Gasteiger partial charge on any atom is -0.493 e. The van der Waals surface area contributed by atoms with E-state index in [2.05, 4.69) is 46.2 Å².